The summed E-state index contributed by atoms with van der Waals surface area (Å²) in [6, 6.07) is 12.2. The largest absolute Gasteiger partial charge is 0.482 e. The highest BCUT2D eigenvalue weighted by atomic mass is 79.9. The van der Waals surface area contributed by atoms with Crippen LogP contribution in [0.15, 0.2) is 53.0 Å². The fourth-order valence-corrected chi connectivity index (χ4v) is 1.86. The maximum absolute atomic E-state index is 12.7. The van der Waals surface area contributed by atoms with Gasteiger partial charge in [-0.25, -0.2) is 9.18 Å². The monoisotopic (exact) mass is 381 g/mol. The average Bonchev–Trinajstić information content (AvgIpc) is 2.54. The lowest BCUT2D eigenvalue weighted by molar-refractivity contribution is -0.149. The number of hydrogen-bond acceptors (Lipinski definition) is 4. The van der Waals surface area contributed by atoms with Gasteiger partial charge >= 0.3 is 5.97 Å². The number of carbonyl (C=O) groups is 2. The molecule has 0 aliphatic rings. The molecule has 0 saturated carbocycles. The minimum absolute atomic E-state index is 0.336. The molecule has 0 aromatic heterocycles. The van der Waals surface area contributed by atoms with Gasteiger partial charge in [-0.3, -0.25) is 4.79 Å². The lowest BCUT2D eigenvalue weighted by Gasteiger charge is -2.08. The molecule has 2 rings (SSSR count). The molecule has 23 heavy (non-hydrogen) atoms. The van der Waals surface area contributed by atoms with Crippen molar-refractivity contribution in [3.05, 3.63) is 58.8 Å². The summed E-state index contributed by atoms with van der Waals surface area (Å²) >= 11 is 3.29. The van der Waals surface area contributed by atoms with Crippen LogP contribution in [-0.4, -0.2) is 25.1 Å². The molecule has 1 amide bonds. The molecule has 0 atom stereocenters. The Morgan fingerprint density at radius 3 is 2.30 bits per heavy atom. The summed E-state index contributed by atoms with van der Waals surface area (Å²) in [5, 5.41) is 2.59. The number of halogens is 2. The van der Waals surface area contributed by atoms with E-state index in [1.54, 1.807) is 24.3 Å². The van der Waals surface area contributed by atoms with E-state index in [-0.39, 0.29) is 6.61 Å². The van der Waals surface area contributed by atoms with Crippen LogP contribution in [-0.2, 0) is 14.3 Å². The van der Waals surface area contributed by atoms with Crippen LogP contribution in [0.1, 0.15) is 0 Å². The molecule has 1 N–H and O–H groups in total. The van der Waals surface area contributed by atoms with Gasteiger partial charge in [-0.15, -0.1) is 0 Å². The molecule has 0 radical (unpaired) electrons. The number of nitrogens with one attached hydrogen (secondary N) is 1. The van der Waals surface area contributed by atoms with Gasteiger partial charge in [0.2, 0.25) is 0 Å². The van der Waals surface area contributed by atoms with Crippen molar-refractivity contribution >= 4 is 33.5 Å². The standard InChI is InChI=1S/C16H13BrFNO4/c17-11-1-5-13(6-2-11)19-15(20)9-23-16(21)10-22-14-7-3-12(18)4-8-14/h1-8H,9-10H2,(H,19,20). The Bertz CT molecular complexity index is 673. The van der Waals surface area contributed by atoms with Crippen molar-refractivity contribution in [2.75, 3.05) is 18.5 Å². The molecule has 0 aliphatic carbocycles. The molecule has 0 bridgehead atoms. The maximum atomic E-state index is 12.7. The van der Waals surface area contributed by atoms with E-state index >= 15 is 0 Å². The van der Waals surface area contributed by atoms with Gasteiger partial charge in [0.15, 0.2) is 13.2 Å². The van der Waals surface area contributed by atoms with Crippen LogP contribution >= 0.6 is 15.9 Å². The third kappa shape index (κ3) is 6.07. The average molecular weight is 382 g/mol. The highest BCUT2D eigenvalue weighted by Gasteiger charge is 2.09. The molecule has 2 aromatic carbocycles. The summed E-state index contributed by atoms with van der Waals surface area (Å²) in [6.45, 7) is -0.779. The molecule has 0 fully saturated rings. The van der Waals surface area contributed by atoms with Crippen LogP contribution in [0.25, 0.3) is 0 Å². The van der Waals surface area contributed by atoms with Gasteiger partial charge in [0.1, 0.15) is 11.6 Å². The zero-order chi connectivity index (χ0) is 16.7. The van der Waals surface area contributed by atoms with E-state index in [4.69, 9.17) is 9.47 Å². The second-order valence-corrected chi connectivity index (χ2v) is 5.37. The topological polar surface area (TPSA) is 64.6 Å². The Morgan fingerprint density at radius 1 is 1.00 bits per heavy atom. The normalized spacial score (nSPS) is 10.0. The number of rotatable bonds is 6. The number of esters is 1. The molecule has 2 aromatic rings. The van der Waals surface area contributed by atoms with Gasteiger partial charge < -0.3 is 14.8 Å². The summed E-state index contributed by atoms with van der Waals surface area (Å²) in [4.78, 5) is 23.1. The molecule has 0 spiro atoms. The number of amides is 1. The Kier molecular flexibility index (Phi) is 6.10. The van der Waals surface area contributed by atoms with Crippen molar-refractivity contribution in [2.45, 2.75) is 0 Å². The van der Waals surface area contributed by atoms with E-state index in [0.717, 1.165) is 4.47 Å². The smallest absolute Gasteiger partial charge is 0.344 e. The van der Waals surface area contributed by atoms with Gasteiger partial charge in [-0.05, 0) is 48.5 Å². The first-order valence-electron chi connectivity index (χ1n) is 6.62. The summed E-state index contributed by atoms with van der Waals surface area (Å²) in [7, 11) is 0. The number of benzene rings is 2. The van der Waals surface area contributed by atoms with E-state index < -0.39 is 24.3 Å². The Balaban J connectivity index is 1.70. The number of hydrogen-bond donors (Lipinski definition) is 1. The maximum Gasteiger partial charge on any atom is 0.344 e. The molecule has 120 valence electrons. The zero-order valence-electron chi connectivity index (χ0n) is 11.9. The predicted octanol–water partition coefficient (Wildman–Crippen LogP) is 3.15. The number of ether oxygens (including phenoxy) is 2. The van der Waals surface area contributed by atoms with Gasteiger partial charge in [0, 0.05) is 10.2 Å². The van der Waals surface area contributed by atoms with Crippen LogP contribution in [0.5, 0.6) is 5.75 Å². The lowest BCUT2D eigenvalue weighted by Crippen LogP contribution is -2.23. The zero-order valence-corrected chi connectivity index (χ0v) is 13.5. The van der Waals surface area contributed by atoms with E-state index in [1.807, 2.05) is 0 Å². The van der Waals surface area contributed by atoms with E-state index in [2.05, 4.69) is 21.2 Å². The summed E-state index contributed by atoms with van der Waals surface area (Å²) in [5.74, 6) is -1.21. The number of carbonyl (C=O) groups excluding carboxylic acids is 2. The third-order valence-electron chi connectivity index (χ3n) is 2.66. The molecular formula is C16H13BrFNO4. The second kappa shape index (κ2) is 8.28. The van der Waals surface area contributed by atoms with E-state index in [1.165, 1.54) is 24.3 Å². The van der Waals surface area contributed by atoms with Crippen molar-refractivity contribution < 1.29 is 23.5 Å². The first kappa shape index (κ1) is 17.0. The van der Waals surface area contributed by atoms with Crippen LogP contribution < -0.4 is 10.1 Å². The van der Waals surface area contributed by atoms with Gasteiger partial charge in [0.05, 0.1) is 0 Å². The molecule has 7 heteroatoms. The van der Waals surface area contributed by atoms with Crippen LogP contribution in [0.2, 0.25) is 0 Å². The van der Waals surface area contributed by atoms with E-state index in [0.29, 0.717) is 11.4 Å². The molecule has 0 aliphatic heterocycles. The minimum Gasteiger partial charge on any atom is -0.482 e. The SMILES string of the molecule is O=C(COC(=O)COc1ccc(F)cc1)Nc1ccc(Br)cc1. The third-order valence-corrected chi connectivity index (χ3v) is 3.19. The Hall–Kier alpha value is -2.41. The first-order chi connectivity index (χ1) is 11.0. The highest BCUT2D eigenvalue weighted by Crippen LogP contribution is 2.14. The fraction of sp³-hybridized carbons (Fsp3) is 0.125. The number of anilines is 1. The molecule has 5 nitrogen and oxygen atoms in total. The minimum atomic E-state index is -0.694. The molecule has 0 unspecified atom stereocenters. The Morgan fingerprint density at radius 2 is 1.65 bits per heavy atom. The van der Waals surface area contributed by atoms with Crippen molar-refractivity contribution in [3.8, 4) is 5.75 Å². The van der Waals surface area contributed by atoms with Crippen molar-refractivity contribution in [3.63, 3.8) is 0 Å². The molecule has 0 saturated heterocycles. The van der Waals surface area contributed by atoms with Crippen molar-refractivity contribution in [1.29, 1.82) is 0 Å². The first-order valence-corrected chi connectivity index (χ1v) is 7.41. The van der Waals surface area contributed by atoms with Crippen LogP contribution in [0.4, 0.5) is 10.1 Å². The van der Waals surface area contributed by atoms with E-state index in [9.17, 15) is 14.0 Å². The van der Waals surface area contributed by atoms with Crippen molar-refractivity contribution in [2.24, 2.45) is 0 Å². The molecule has 0 heterocycles. The quantitative estimate of drug-likeness (QED) is 0.780. The Labute approximate surface area is 140 Å². The summed E-state index contributed by atoms with van der Waals surface area (Å²) in [5.41, 5.74) is 0.594. The van der Waals surface area contributed by atoms with Crippen molar-refractivity contribution in [1.82, 2.24) is 0 Å². The van der Waals surface area contributed by atoms with Gasteiger partial charge in [-0.2, -0.15) is 0 Å². The lowest BCUT2D eigenvalue weighted by atomic mass is 10.3. The highest BCUT2D eigenvalue weighted by molar-refractivity contribution is 9.10. The van der Waals surface area contributed by atoms with Crippen LogP contribution in [0, 0.1) is 5.82 Å². The van der Waals surface area contributed by atoms with Crippen LogP contribution in [0.3, 0.4) is 0 Å². The molecular weight excluding hydrogens is 369 g/mol. The predicted molar refractivity (Wildman–Crippen MR) is 85.6 cm³/mol. The summed E-state index contributed by atoms with van der Waals surface area (Å²) < 4.78 is 23.5. The fourth-order valence-electron chi connectivity index (χ4n) is 1.59. The van der Waals surface area contributed by atoms with Gasteiger partial charge in [-0.1, -0.05) is 15.9 Å². The summed E-state index contributed by atoms with van der Waals surface area (Å²) in [6.07, 6.45) is 0. The van der Waals surface area contributed by atoms with Gasteiger partial charge in [0.25, 0.3) is 5.91 Å². The second-order valence-electron chi connectivity index (χ2n) is 4.46.